The van der Waals surface area contributed by atoms with Gasteiger partial charge >= 0.3 is 0 Å². The summed E-state index contributed by atoms with van der Waals surface area (Å²) in [5.41, 5.74) is 0.275. The van der Waals surface area contributed by atoms with Crippen molar-refractivity contribution in [3.8, 4) is 0 Å². The molecule has 0 bridgehead atoms. The van der Waals surface area contributed by atoms with E-state index in [2.05, 4.69) is 10.2 Å². The molecule has 0 atom stereocenters. The van der Waals surface area contributed by atoms with Crippen LogP contribution in [-0.2, 0) is 10.0 Å². The summed E-state index contributed by atoms with van der Waals surface area (Å²) >= 11 is 0. The molecule has 1 N–H and O–H groups in total. The molecule has 0 aromatic carbocycles. The van der Waals surface area contributed by atoms with Crippen LogP contribution < -0.4 is 0 Å². The van der Waals surface area contributed by atoms with Gasteiger partial charge in [-0.25, -0.2) is 8.42 Å². The minimum atomic E-state index is -3.32. The van der Waals surface area contributed by atoms with Crippen LogP contribution in [0.3, 0.4) is 0 Å². The second-order valence-corrected chi connectivity index (χ2v) is 7.17. The molecule has 1 aromatic rings. The van der Waals surface area contributed by atoms with E-state index in [0.29, 0.717) is 13.1 Å². The maximum Gasteiger partial charge on any atom is 0.246 e. The van der Waals surface area contributed by atoms with Gasteiger partial charge in [0, 0.05) is 19.3 Å². The number of hydrogen-bond donors (Lipinski definition) is 1. The van der Waals surface area contributed by atoms with Gasteiger partial charge in [0.25, 0.3) is 0 Å². The molecule has 0 radical (unpaired) electrons. The van der Waals surface area contributed by atoms with Crippen molar-refractivity contribution in [1.29, 1.82) is 0 Å². The highest BCUT2D eigenvalue weighted by molar-refractivity contribution is 7.89. The van der Waals surface area contributed by atoms with Crippen LogP contribution in [0.5, 0.6) is 0 Å². The third kappa shape index (κ3) is 1.79. The van der Waals surface area contributed by atoms with Crippen molar-refractivity contribution in [2.75, 3.05) is 13.1 Å². The maximum absolute atomic E-state index is 12.3. The van der Waals surface area contributed by atoms with Gasteiger partial charge in [-0.1, -0.05) is 12.8 Å². The predicted octanol–water partition coefficient (Wildman–Crippen LogP) is 1.36. The molecule has 1 saturated heterocycles. The molecular weight excluding hydrogens is 238 g/mol. The summed E-state index contributed by atoms with van der Waals surface area (Å²) in [6.07, 6.45) is 8.72. The van der Waals surface area contributed by atoms with Crippen LogP contribution in [0.15, 0.2) is 17.3 Å². The molecule has 6 heteroatoms. The van der Waals surface area contributed by atoms with Crippen molar-refractivity contribution in [3.63, 3.8) is 0 Å². The first-order chi connectivity index (χ1) is 8.12. The van der Waals surface area contributed by atoms with Gasteiger partial charge in [0.2, 0.25) is 10.0 Å². The van der Waals surface area contributed by atoms with E-state index in [1.54, 1.807) is 4.31 Å². The summed E-state index contributed by atoms with van der Waals surface area (Å²) in [5.74, 6) is 0. The summed E-state index contributed by atoms with van der Waals surface area (Å²) in [6.45, 7) is 1.36. The molecule has 94 valence electrons. The molecule has 17 heavy (non-hydrogen) atoms. The van der Waals surface area contributed by atoms with Crippen LogP contribution in [0.2, 0.25) is 0 Å². The molecule has 0 amide bonds. The summed E-state index contributed by atoms with van der Waals surface area (Å²) in [4.78, 5) is 0.285. The number of H-pyrrole nitrogens is 1. The van der Waals surface area contributed by atoms with E-state index in [9.17, 15) is 8.42 Å². The number of nitrogens with zero attached hydrogens (tertiary/aromatic N) is 2. The first-order valence-corrected chi connectivity index (χ1v) is 7.55. The zero-order valence-corrected chi connectivity index (χ0v) is 10.5. The molecule has 1 aliphatic carbocycles. The first kappa shape index (κ1) is 11.2. The fraction of sp³-hybridized carbons (Fsp3) is 0.727. The lowest BCUT2D eigenvalue weighted by Gasteiger charge is -2.22. The Morgan fingerprint density at radius 1 is 1.29 bits per heavy atom. The molecule has 1 aromatic heterocycles. The minimum Gasteiger partial charge on any atom is -0.284 e. The maximum atomic E-state index is 12.3. The fourth-order valence-corrected chi connectivity index (χ4v) is 4.62. The summed E-state index contributed by atoms with van der Waals surface area (Å²) in [6, 6.07) is 0. The number of nitrogens with one attached hydrogen (secondary N) is 1. The standard InChI is InChI=1S/C11H17N3O2S/c15-17(16,10-7-12-13-8-10)14-6-5-11(9-14)3-1-2-4-11/h7-8H,1-6,9H2,(H,12,13). The molecular formula is C11H17N3O2S. The van der Waals surface area contributed by atoms with E-state index in [-0.39, 0.29) is 10.3 Å². The molecule has 2 fully saturated rings. The van der Waals surface area contributed by atoms with E-state index in [1.807, 2.05) is 0 Å². The van der Waals surface area contributed by atoms with Crippen LogP contribution in [0, 0.1) is 5.41 Å². The molecule has 0 unspecified atom stereocenters. The van der Waals surface area contributed by atoms with Gasteiger partial charge in [0.1, 0.15) is 4.90 Å². The molecule has 3 rings (SSSR count). The van der Waals surface area contributed by atoms with Crippen molar-refractivity contribution in [2.45, 2.75) is 37.0 Å². The van der Waals surface area contributed by atoms with E-state index in [0.717, 1.165) is 6.42 Å². The Balaban J connectivity index is 1.83. The normalized spacial score (nSPS) is 24.7. The van der Waals surface area contributed by atoms with E-state index in [1.165, 1.54) is 38.1 Å². The average molecular weight is 255 g/mol. The second kappa shape index (κ2) is 3.81. The Morgan fingerprint density at radius 2 is 2.06 bits per heavy atom. The van der Waals surface area contributed by atoms with Gasteiger partial charge < -0.3 is 0 Å². The topological polar surface area (TPSA) is 66.1 Å². The second-order valence-electron chi connectivity index (χ2n) is 5.23. The lowest BCUT2D eigenvalue weighted by Crippen LogP contribution is -2.31. The zero-order chi connectivity index (χ0) is 11.9. The molecule has 1 saturated carbocycles. The van der Waals surface area contributed by atoms with Crippen LogP contribution in [0.4, 0.5) is 0 Å². The zero-order valence-electron chi connectivity index (χ0n) is 9.72. The Hall–Kier alpha value is -0.880. The molecule has 2 aliphatic rings. The van der Waals surface area contributed by atoms with Crippen LogP contribution in [0.1, 0.15) is 32.1 Å². The summed E-state index contributed by atoms with van der Waals surface area (Å²) in [7, 11) is -3.32. The highest BCUT2D eigenvalue weighted by atomic mass is 32.2. The first-order valence-electron chi connectivity index (χ1n) is 6.11. The van der Waals surface area contributed by atoms with Crippen LogP contribution >= 0.6 is 0 Å². The Morgan fingerprint density at radius 3 is 2.71 bits per heavy atom. The highest BCUT2D eigenvalue weighted by Gasteiger charge is 2.44. The third-order valence-corrected chi connectivity index (χ3v) is 5.99. The molecule has 2 heterocycles. The van der Waals surface area contributed by atoms with E-state index >= 15 is 0 Å². The number of aromatic nitrogens is 2. The Bertz CT molecular complexity index is 489. The SMILES string of the molecule is O=S(=O)(c1cn[nH]c1)N1CCC2(CCCC2)C1. The quantitative estimate of drug-likeness (QED) is 0.867. The van der Waals surface area contributed by atoms with Crippen molar-refractivity contribution in [3.05, 3.63) is 12.4 Å². The van der Waals surface area contributed by atoms with Crippen molar-refractivity contribution >= 4 is 10.0 Å². The third-order valence-electron chi connectivity index (χ3n) is 4.18. The number of sulfonamides is 1. The lowest BCUT2D eigenvalue weighted by molar-refractivity contribution is 0.313. The largest absolute Gasteiger partial charge is 0.284 e. The van der Waals surface area contributed by atoms with Gasteiger partial charge in [0.05, 0.1) is 6.20 Å². The monoisotopic (exact) mass is 255 g/mol. The predicted molar refractivity (Wildman–Crippen MR) is 62.9 cm³/mol. The van der Waals surface area contributed by atoms with Crippen LogP contribution in [-0.4, -0.2) is 36.0 Å². The molecule has 5 nitrogen and oxygen atoms in total. The van der Waals surface area contributed by atoms with E-state index in [4.69, 9.17) is 0 Å². The Labute approximate surface area is 101 Å². The summed E-state index contributed by atoms with van der Waals surface area (Å²) in [5, 5.41) is 6.28. The van der Waals surface area contributed by atoms with Crippen LogP contribution in [0.25, 0.3) is 0 Å². The van der Waals surface area contributed by atoms with Gasteiger partial charge in [-0.2, -0.15) is 9.40 Å². The van der Waals surface area contributed by atoms with Gasteiger partial charge in [-0.15, -0.1) is 0 Å². The molecule has 1 spiro atoms. The minimum absolute atomic E-state index is 0.275. The fourth-order valence-electron chi connectivity index (χ4n) is 3.16. The van der Waals surface area contributed by atoms with E-state index < -0.39 is 10.0 Å². The Kier molecular flexibility index (Phi) is 2.52. The van der Waals surface area contributed by atoms with Gasteiger partial charge in [-0.3, -0.25) is 5.10 Å². The number of rotatable bonds is 2. The summed E-state index contributed by atoms with van der Waals surface area (Å²) < 4.78 is 26.2. The highest BCUT2D eigenvalue weighted by Crippen LogP contribution is 2.46. The molecule has 1 aliphatic heterocycles. The van der Waals surface area contributed by atoms with Gasteiger partial charge in [0.15, 0.2) is 0 Å². The number of hydrogen-bond acceptors (Lipinski definition) is 3. The lowest BCUT2D eigenvalue weighted by atomic mass is 9.86. The van der Waals surface area contributed by atoms with Crippen molar-refractivity contribution in [1.82, 2.24) is 14.5 Å². The van der Waals surface area contributed by atoms with Crippen molar-refractivity contribution < 1.29 is 8.42 Å². The average Bonchev–Trinajstić information content (AvgIpc) is 3.02. The van der Waals surface area contributed by atoms with Crippen molar-refractivity contribution in [2.24, 2.45) is 5.41 Å². The van der Waals surface area contributed by atoms with Gasteiger partial charge in [-0.05, 0) is 24.7 Å². The number of aromatic amines is 1. The smallest absolute Gasteiger partial charge is 0.246 e.